The van der Waals surface area contributed by atoms with Crippen molar-refractivity contribution in [3.63, 3.8) is 0 Å². The van der Waals surface area contributed by atoms with Gasteiger partial charge in [-0.25, -0.2) is 0 Å². The lowest BCUT2D eigenvalue weighted by Crippen LogP contribution is -2.45. The number of hydrogen-bond acceptors (Lipinski definition) is 5. The van der Waals surface area contributed by atoms with Crippen molar-refractivity contribution in [3.05, 3.63) is 39.8 Å². The maximum atomic E-state index is 12.8. The monoisotopic (exact) mass is 403 g/mol. The van der Waals surface area contributed by atoms with Gasteiger partial charge in [-0.3, -0.25) is 14.5 Å². The molecule has 2 fully saturated rings. The van der Waals surface area contributed by atoms with Crippen molar-refractivity contribution in [2.75, 3.05) is 7.05 Å². The Morgan fingerprint density at radius 1 is 1.25 bits per heavy atom. The number of amides is 2. The van der Waals surface area contributed by atoms with Gasteiger partial charge in [0.1, 0.15) is 5.75 Å². The third-order valence-corrected chi connectivity index (χ3v) is 6.72. The number of allylic oxidation sites excluding steroid dienone is 2. The summed E-state index contributed by atoms with van der Waals surface area (Å²) < 4.78 is 5.90. The van der Waals surface area contributed by atoms with E-state index in [9.17, 15) is 19.7 Å². The van der Waals surface area contributed by atoms with E-state index in [0.717, 1.165) is 11.0 Å². The molecule has 4 atom stereocenters. The zero-order valence-corrected chi connectivity index (χ0v) is 16.8. The van der Waals surface area contributed by atoms with Crippen molar-refractivity contribution < 1.29 is 24.4 Å². The van der Waals surface area contributed by atoms with Crippen molar-refractivity contribution in [1.29, 1.82) is 0 Å². The van der Waals surface area contributed by atoms with E-state index < -0.39 is 19.1 Å². The molecule has 8 heteroatoms. The Bertz CT molecular complexity index is 885. The number of nitrogens with zero attached hydrogens (tertiary/aromatic N) is 1. The van der Waals surface area contributed by atoms with Crippen molar-refractivity contribution >= 4 is 30.5 Å². The number of carbonyl (C=O) groups is 2. The number of fused-ring (bicyclic) bond motifs is 3. The lowest BCUT2D eigenvalue weighted by atomic mass is 9.54. The molecule has 1 aromatic rings. The summed E-state index contributed by atoms with van der Waals surface area (Å²) in [6.45, 7) is 4.06. The highest BCUT2D eigenvalue weighted by atomic mass is 35.5. The van der Waals surface area contributed by atoms with Crippen molar-refractivity contribution in [2.45, 2.75) is 32.8 Å². The fourth-order valence-electron chi connectivity index (χ4n) is 5.04. The van der Waals surface area contributed by atoms with E-state index in [4.69, 9.17) is 16.3 Å². The van der Waals surface area contributed by atoms with Crippen LogP contribution in [0.3, 0.4) is 0 Å². The van der Waals surface area contributed by atoms with E-state index >= 15 is 0 Å². The Morgan fingerprint density at radius 2 is 1.96 bits per heavy atom. The number of halogens is 1. The number of rotatable bonds is 2. The van der Waals surface area contributed by atoms with Crippen molar-refractivity contribution in [1.82, 2.24) is 4.90 Å². The van der Waals surface area contributed by atoms with E-state index in [1.807, 2.05) is 13.8 Å². The van der Waals surface area contributed by atoms with Crippen LogP contribution < -0.4 is 0 Å². The van der Waals surface area contributed by atoms with Crippen LogP contribution in [0.2, 0.25) is 5.02 Å². The predicted octanol–water partition coefficient (Wildman–Crippen LogP) is 2.73. The van der Waals surface area contributed by atoms with Crippen LogP contribution in [0, 0.1) is 23.7 Å². The number of likely N-dealkylation sites (tertiary alicyclic amines) is 1. The average Bonchev–Trinajstić information content (AvgIpc) is 2.85. The van der Waals surface area contributed by atoms with Gasteiger partial charge in [0.05, 0.1) is 17.9 Å². The zero-order chi connectivity index (χ0) is 20.3. The molecule has 2 N–H and O–H groups in total. The molecule has 0 aromatic heterocycles. The van der Waals surface area contributed by atoms with Crippen LogP contribution in [0.5, 0.6) is 5.75 Å². The minimum atomic E-state index is -1.15. The number of benzene rings is 1. The number of phenolic OH excluding ortho intramolecular Hbond substituents is 1. The van der Waals surface area contributed by atoms with E-state index in [0.29, 0.717) is 23.4 Å². The zero-order valence-electron chi connectivity index (χ0n) is 16.1. The summed E-state index contributed by atoms with van der Waals surface area (Å²) in [4.78, 5) is 26.7. The first-order chi connectivity index (χ1) is 13.2. The predicted molar refractivity (Wildman–Crippen MR) is 104 cm³/mol. The van der Waals surface area contributed by atoms with Crippen LogP contribution >= 0.6 is 11.6 Å². The van der Waals surface area contributed by atoms with E-state index in [-0.39, 0.29) is 35.3 Å². The molecule has 0 spiro atoms. The standard InChI is InChI=1S/C20H23BClNO5/c1-9(2)12-7-14-17(20(26)23(3)19(14)25)13-8-16(28-21(27)18(12)13)11-5-4-10(24)6-15(11)22/h4-6,9,13-14,16-17,24,27H,7-8H2,1-3H3/t13-,14-,16-,17+/m0/s1. The summed E-state index contributed by atoms with van der Waals surface area (Å²) in [6, 6.07) is 4.62. The Kier molecular flexibility index (Phi) is 4.80. The second-order valence-corrected chi connectivity index (χ2v) is 8.64. The molecule has 3 aliphatic rings. The SMILES string of the molecule is CC(C)C1=C2B(O)O[C@H](c3ccc(O)cc3Cl)C[C@H]2[C@H]2C(=O)N(C)C(=O)[C@H]2C1. The lowest BCUT2D eigenvalue weighted by Gasteiger charge is -2.43. The number of hydrogen-bond donors (Lipinski definition) is 2. The molecular weight excluding hydrogens is 380 g/mol. The van der Waals surface area contributed by atoms with E-state index in [1.54, 1.807) is 6.07 Å². The molecule has 2 saturated heterocycles. The minimum absolute atomic E-state index is 0.0451. The Labute approximate surface area is 169 Å². The molecule has 28 heavy (non-hydrogen) atoms. The smallest absolute Gasteiger partial charge is 0.487 e. The first kappa shape index (κ1) is 19.5. The summed E-state index contributed by atoms with van der Waals surface area (Å²) in [6.07, 6.45) is 0.396. The molecule has 1 aromatic carbocycles. The summed E-state index contributed by atoms with van der Waals surface area (Å²) in [5.41, 5.74) is 2.40. The van der Waals surface area contributed by atoms with Crippen LogP contribution in [0.25, 0.3) is 0 Å². The lowest BCUT2D eigenvalue weighted by molar-refractivity contribution is -0.138. The third-order valence-electron chi connectivity index (χ3n) is 6.40. The van der Waals surface area contributed by atoms with Crippen LogP contribution in [0.1, 0.15) is 38.4 Å². The van der Waals surface area contributed by atoms with Gasteiger partial charge in [0.15, 0.2) is 0 Å². The minimum Gasteiger partial charge on any atom is -0.508 e. The van der Waals surface area contributed by atoms with Gasteiger partial charge >= 0.3 is 7.12 Å². The van der Waals surface area contributed by atoms with Crippen LogP contribution in [-0.2, 0) is 14.2 Å². The number of carbonyl (C=O) groups excluding carboxylic acids is 2. The van der Waals surface area contributed by atoms with Crippen LogP contribution in [0.4, 0.5) is 0 Å². The fourth-order valence-corrected chi connectivity index (χ4v) is 5.33. The highest BCUT2D eigenvalue weighted by Gasteiger charge is 2.57. The third kappa shape index (κ3) is 2.88. The highest BCUT2D eigenvalue weighted by Crippen LogP contribution is 2.52. The van der Waals surface area contributed by atoms with Gasteiger partial charge in [-0.2, -0.15) is 0 Å². The van der Waals surface area contributed by atoms with Gasteiger partial charge in [0.25, 0.3) is 0 Å². The van der Waals surface area contributed by atoms with Crippen LogP contribution in [0.15, 0.2) is 29.2 Å². The Hall–Kier alpha value is -1.83. The molecule has 0 radical (unpaired) electrons. The van der Waals surface area contributed by atoms with Gasteiger partial charge in [0.2, 0.25) is 11.8 Å². The first-order valence-electron chi connectivity index (χ1n) is 9.56. The maximum absolute atomic E-state index is 12.8. The second-order valence-electron chi connectivity index (χ2n) is 8.23. The molecular formula is C20H23BClNO5. The average molecular weight is 404 g/mol. The summed E-state index contributed by atoms with van der Waals surface area (Å²) in [7, 11) is 0.377. The second kappa shape index (κ2) is 6.90. The molecule has 0 saturated carbocycles. The molecule has 6 nitrogen and oxygen atoms in total. The highest BCUT2D eigenvalue weighted by molar-refractivity contribution is 6.53. The van der Waals surface area contributed by atoms with Gasteiger partial charge in [-0.05, 0) is 47.8 Å². The van der Waals surface area contributed by atoms with Gasteiger partial charge < -0.3 is 14.8 Å². The Balaban J connectivity index is 1.78. The van der Waals surface area contributed by atoms with Gasteiger partial charge in [-0.1, -0.05) is 37.1 Å². The normalized spacial score (nSPS) is 30.2. The molecule has 148 valence electrons. The molecule has 2 amide bonds. The van der Waals surface area contributed by atoms with Gasteiger partial charge in [-0.15, -0.1) is 0 Å². The molecule has 0 unspecified atom stereocenters. The molecule has 4 rings (SSSR count). The van der Waals surface area contributed by atoms with Crippen molar-refractivity contribution in [2.24, 2.45) is 23.7 Å². The van der Waals surface area contributed by atoms with E-state index in [1.165, 1.54) is 24.1 Å². The quantitative estimate of drug-likeness (QED) is 0.586. The fraction of sp³-hybridized carbons (Fsp3) is 0.500. The summed E-state index contributed by atoms with van der Waals surface area (Å²) in [5.74, 6) is -1.30. The number of imide groups is 1. The summed E-state index contributed by atoms with van der Waals surface area (Å²) >= 11 is 6.29. The number of phenols is 1. The topological polar surface area (TPSA) is 87.1 Å². The Morgan fingerprint density at radius 3 is 2.61 bits per heavy atom. The van der Waals surface area contributed by atoms with E-state index in [2.05, 4.69) is 0 Å². The van der Waals surface area contributed by atoms with Crippen LogP contribution in [-0.4, -0.2) is 41.0 Å². The number of aromatic hydroxyl groups is 1. The molecule has 1 aliphatic carbocycles. The molecule has 2 heterocycles. The van der Waals surface area contributed by atoms with Crippen molar-refractivity contribution in [3.8, 4) is 5.75 Å². The van der Waals surface area contributed by atoms with Gasteiger partial charge in [0, 0.05) is 12.1 Å². The molecule has 2 aliphatic heterocycles. The first-order valence-corrected chi connectivity index (χ1v) is 9.94. The maximum Gasteiger partial charge on any atom is 0.487 e. The molecule has 0 bridgehead atoms. The summed E-state index contributed by atoms with van der Waals surface area (Å²) in [5, 5.41) is 20.8. The largest absolute Gasteiger partial charge is 0.508 e.